The highest BCUT2D eigenvalue weighted by Gasteiger charge is 2.20. The lowest BCUT2D eigenvalue weighted by Gasteiger charge is -2.26. The van der Waals surface area contributed by atoms with E-state index in [-0.39, 0.29) is 22.7 Å². The molecule has 1 fully saturated rings. The normalized spacial score (nSPS) is 13.8. The number of piperidine rings is 1. The molecule has 2 aromatic rings. The van der Waals surface area contributed by atoms with Gasteiger partial charge in [-0.3, -0.25) is 14.4 Å². The molecule has 0 unspecified atom stereocenters. The van der Waals surface area contributed by atoms with Crippen LogP contribution in [0.1, 0.15) is 40.0 Å². The van der Waals surface area contributed by atoms with E-state index in [1.54, 1.807) is 48.4 Å². The van der Waals surface area contributed by atoms with Crippen LogP contribution in [0.4, 0.5) is 11.4 Å². The summed E-state index contributed by atoms with van der Waals surface area (Å²) in [4.78, 5) is 38.4. The molecule has 0 saturated carbocycles. The Hall–Kier alpha value is -2.90. The molecule has 1 aliphatic rings. The number of carbonyl (C=O) groups excluding carboxylic acids is 3. The average Bonchev–Trinajstić information content (AvgIpc) is 2.74. The molecule has 0 aromatic heterocycles. The Balaban J connectivity index is 1.63. The third-order valence-corrected chi connectivity index (χ3v) is 5.14. The number of amides is 3. The first-order chi connectivity index (χ1) is 14.5. The molecule has 8 heteroatoms. The smallest absolute Gasteiger partial charge is 0.255 e. The minimum absolute atomic E-state index is 0.111. The van der Waals surface area contributed by atoms with Crippen molar-refractivity contribution in [2.24, 2.45) is 0 Å². The molecule has 0 spiro atoms. The maximum Gasteiger partial charge on any atom is 0.255 e. The summed E-state index contributed by atoms with van der Waals surface area (Å²) in [5.74, 6) is -0.503. The number of anilines is 2. The molecule has 0 radical (unpaired) electrons. The van der Waals surface area contributed by atoms with Gasteiger partial charge in [0, 0.05) is 43.6 Å². The van der Waals surface area contributed by atoms with Crippen LogP contribution in [0.5, 0.6) is 0 Å². The van der Waals surface area contributed by atoms with Crippen molar-refractivity contribution in [1.82, 2.24) is 5.32 Å². The van der Waals surface area contributed by atoms with Gasteiger partial charge < -0.3 is 20.3 Å². The van der Waals surface area contributed by atoms with Crippen LogP contribution in [0.25, 0.3) is 0 Å². The van der Waals surface area contributed by atoms with E-state index >= 15 is 0 Å². The van der Waals surface area contributed by atoms with E-state index in [9.17, 15) is 14.4 Å². The minimum Gasteiger partial charge on any atom is -0.383 e. The van der Waals surface area contributed by atoms with Gasteiger partial charge in [0.15, 0.2) is 0 Å². The Morgan fingerprint density at radius 2 is 1.87 bits per heavy atom. The molecule has 2 N–H and O–H groups in total. The van der Waals surface area contributed by atoms with Crippen LogP contribution in [0.3, 0.4) is 0 Å². The van der Waals surface area contributed by atoms with Crippen molar-refractivity contribution in [3.63, 3.8) is 0 Å². The molecule has 3 amide bonds. The molecule has 0 atom stereocenters. The van der Waals surface area contributed by atoms with E-state index < -0.39 is 0 Å². The quantitative estimate of drug-likeness (QED) is 0.659. The first-order valence-electron chi connectivity index (χ1n) is 9.78. The van der Waals surface area contributed by atoms with Crippen molar-refractivity contribution in [2.45, 2.75) is 19.3 Å². The van der Waals surface area contributed by atoms with Crippen molar-refractivity contribution >= 4 is 40.7 Å². The Morgan fingerprint density at radius 1 is 1.10 bits per heavy atom. The lowest BCUT2D eigenvalue weighted by molar-refractivity contribution is -0.119. The molecule has 1 aliphatic heterocycles. The van der Waals surface area contributed by atoms with Gasteiger partial charge in [0.2, 0.25) is 5.91 Å². The number of ether oxygens (including phenoxy) is 1. The highest BCUT2D eigenvalue weighted by molar-refractivity contribution is 6.34. The Bertz CT molecular complexity index is 930. The first-order valence-corrected chi connectivity index (χ1v) is 10.2. The number of nitrogens with zero attached hydrogens (tertiary/aromatic N) is 1. The fourth-order valence-electron chi connectivity index (χ4n) is 3.21. The number of methoxy groups -OCH3 is 1. The molecule has 0 bridgehead atoms. The van der Waals surface area contributed by atoms with Gasteiger partial charge in [-0.25, -0.2) is 0 Å². The fraction of sp³-hybridized carbons (Fsp3) is 0.318. The number of carbonyl (C=O) groups is 3. The van der Waals surface area contributed by atoms with Crippen LogP contribution < -0.4 is 15.5 Å². The fourth-order valence-corrected chi connectivity index (χ4v) is 3.48. The first kappa shape index (κ1) is 21.8. The SMILES string of the molecule is COCCNC(=O)c1ccc(NC(=O)c2ccc(N3CCCCC3=O)cc2)cc1Cl. The molecule has 2 aromatic carbocycles. The molecule has 158 valence electrons. The number of halogens is 1. The predicted molar refractivity (Wildman–Crippen MR) is 116 cm³/mol. The Labute approximate surface area is 180 Å². The number of nitrogens with one attached hydrogen (secondary N) is 2. The maximum atomic E-state index is 12.5. The van der Waals surface area contributed by atoms with Gasteiger partial charge >= 0.3 is 0 Å². The number of hydrogen-bond donors (Lipinski definition) is 2. The van der Waals surface area contributed by atoms with Gasteiger partial charge in [-0.1, -0.05) is 11.6 Å². The third kappa shape index (κ3) is 5.37. The van der Waals surface area contributed by atoms with Crippen molar-refractivity contribution in [3.05, 3.63) is 58.6 Å². The molecule has 7 nitrogen and oxygen atoms in total. The van der Waals surface area contributed by atoms with E-state index in [4.69, 9.17) is 16.3 Å². The van der Waals surface area contributed by atoms with Crippen molar-refractivity contribution in [1.29, 1.82) is 0 Å². The molecule has 3 rings (SSSR count). The molecule has 30 heavy (non-hydrogen) atoms. The van der Waals surface area contributed by atoms with E-state index in [1.165, 1.54) is 6.07 Å². The summed E-state index contributed by atoms with van der Waals surface area (Å²) >= 11 is 6.21. The molecule has 0 aliphatic carbocycles. The van der Waals surface area contributed by atoms with Crippen molar-refractivity contribution < 1.29 is 19.1 Å². The van der Waals surface area contributed by atoms with E-state index in [2.05, 4.69) is 10.6 Å². The lowest BCUT2D eigenvalue weighted by Crippen LogP contribution is -2.35. The second kappa shape index (κ2) is 10.2. The zero-order valence-corrected chi connectivity index (χ0v) is 17.5. The molecule has 1 heterocycles. The summed E-state index contributed by atoms with van der Waals surface area (Å²) in [7, 11) is 1.55. The average molecular weight is 430 g/mol. The van der Waals surface area contributed by atoms with Crippen LogP contribution in [-0.2, 0) is 9.53 Å². The predicted octanol–water partition coefficient (Wildman–Crippen LogP) is 3.49. The van der Waals surface area contributed by atoms with Gasteiger partial charge in [-0.2, -0.15) is 0 Å². The lowest BCUT2D eigenvalue weighted by atomic mass is 10.1. The van der Waals surface area contributed by atoms with Crippen molar-refractivity contribution in [2.75, 3.05) is 37.0 Å². The van der Waals surface area contributed by atoms with Crippen LogP contribution in [0.15, 0.2) is 42.5 Å². The summed E-state index contributed by atoms with van der Waals surface area (Å²) in [6, 6.07) is 11.6. The van der Waals surface area contributed by atoms with E-state index in [0.717, 1.165) is 18.5 Å². The third-order valence-electron chi connectivity index (χ3n) is 4.83. The summed E-state index contributed by atoms with van der Waals surface area (Å²) in [5, 5.41) is 5.71. The zero-order chi connectivity index (χ0) is 21.5. The van der Waals surface area contributed by atoms with Crippen LogP contribution in [-0.4, -0.2) is 44.5 Å². The topological polar surface area (TPSA) is 87.7 Å². The van der Waals surface area contributed by atoms with E-state index in [1.807, 2.05) is 0 Å². The minimum atomic E-state index is -0.308. The molecular formula is C22H24ClN3O4. The van der Waals surface area contributed by atoms with Gasteiger partial charge in [0.25, 0.3) is 11.8 Å². The molecule has 1 saturated heterocycles. The second-order valence-electron chi connectivity index (χ2n) is 6.95. The number of rotatable bonds is 7. The van der Waals surface area contributed by atoms with Crippen LogP contribution in [0, 0.1) is 0 Å². The van der Waals surface area contributed by atoms with Crippen LogP contribution in [0.2, 0.25) is 5.02 Å². The highest BCUT2D eigenvalue weighted by Crippen LogP contribution is 2.23. The zero-order valence-electron chi connectivity index (χ0n) is 16.7. The molecular weight excluding hydrogens is 406 g/mol. The largest absolute Gasteiger partial charge is 0.383 e. The van der Waals surface area contributed by atoms with Gasteiger partial charge in [0.05, 0.1) is 17.2 Å². The van der Waals surface area contributed by atoms with Crippen molar-refractivity contribution in [3.8, 4) is 0 Å². The Morgan fingerprint density at radius 3 is 2.53 bits per heavy atom. The highest BCUT2D eigenvalue weighted by atomic mass is 35.5. The summed E-state index contributed by atoms with van der Waals surface area (Å²) in [6.45, 7) is 1.49. The monoisotopic (exact) mass is 429 g/mol. The summed E-state index contributed by atoms with van der Waals surface area (Å²) in [5.41, 5.74) is 2.05. The maximum absolute atomic E-state index is 12.5. The van der Waals surface area contributed by atoms with E-state index in [0.29, 0.717) is 42.9 Å². The second-order valence-corrected chi connectivity index (χ2v) is 7.35. The number of hydrogen-bond acceptors (Lipinski definition) is 4. The summed E-state index contributed by atoms with van der Waals surface area (Å²) < 4.78 is 4.90. The summed E-state index contributed by atoms with van der Waals surface area (Å²) in [6.07, 6.45) is 2.46. The Kier molecular flexibility index (Phi) is 7.43. The standard InChI is InChI=1S/C22H24ClN3O4/c1-30-13-11-24-22(29)18-10-7-16(14-19(18)23)25-21(28)15-5-8-17(9-6-15)26-12-3-2-4-20(26)27/h5-10,14H,2-4,11-13H2,1H3,(H,24,29)(H,25,28). The van der Waals surface area contributed by atoms with Gasteiger partial charge in [-0.15, -0.1) is 0 Å². The van der Waals surface area contributed by atoms with Gasteiger partial charge in [-0.05, 0) is 55.3 Å². The number of benzene rings is 2. The van der Waals surface area contributed by atoms with Crippen LogP contribution >= 0.6 is 11.6 Å². The van der Waals surface area contributed by atoms with Gasteiger partial charge in [0.1, 0.15) is 0 Å².